The van der Waals surface area contributed by atoms with Crippen LogP contribution in [0.3, 0.4) is 0 Å². The van der Waals surface area contributed by atoms with Crippen LogP contribution in [-0.4, -0.2) is 17.1 Å². The van der Waals surface area contributed by atoms with Gasteiger partial charge in [0.1, 0.15) is 0 Å². The first kappa shape index (κ1) is 12.2. The second kappa shape index (κ2) is 3.88. The maximum absolute atomic E-state index is 11.2. The molecule has 1 atom stereocenters. The molecule has 4 rings (SSSR count). The predicted octanol–water partition coefficient (Wildman–Crippen LogP) is -2.10. The number of carboxylic acid groups (broad SMARTS) is 1. The van der Waals surface area contributed by atoms with E-state index in [4.69, 9.17) is 0 Å². The molecular weight excluding hydrogens is 226 g/mol. The molecule has 4 N–H and O–H groups in total. The van der Waals surface area contributed by atoms with Gasteiger partial charge in [-0.15, -0.1) is 0 Å². The molecule has 4 bridgehead atoms. The molecule has 0 radical (unpaired) electrons. The molecule has 0 aromatic carbocycles. The summed E-state index contributed by atoms with van der Waals surface area (Å²) in [7, 11) is 0. The van der Waals surface area contributed by atoms with Crippen LogP contribution >= 0.6 is 0 Å². The molecule has 4 aliphatic rings. The van der Waals surface area contributed by atoms with Gasteiger partial charge in [-0.05, 0) is 56.3 Å². The fourth-order valence-electron chi connectivity index (χ4n) is 4.87. The van der Waals surface area contributed by atoms with E-state index < -0.39 is 5.97 Å². The number of quaternary nitrogens is 1. The lowest BCUT2D eigenvalue weighted by molar-refractivity contribution is -0.444. The molecule has 0 aromatic heterocycles. The minimum absolute atomic E-state index is 0. The van der Waals surface area contributed by atoms with E-state index in [1.54, 1.807) is 0 Å². The molecule has 0 amide bonds. The zero-order valence-electron chi connectivity index (χ0n) is 9.49. The third-order valence-corrected chi connectivity index (χ3v) is 5.12. The Morgan fingerprint density at radius 1 is 1.12 bits per heavy atom. The van der Waals surface area contributed by atoms with Gasteiger partial charge in [-0.3, -0.25) is 0 Å². The van der Waals surface area contributed by atoms with Gasteiger partial charge in [-0.1, -0.05) is 0 Å². The molecule has 1 unspecified atom stereocenters. The van der Waals surface area contributed by atoms with Crippen LogP contribution < -0.4 is 18.1 Å². The van der Waals surface area contributed by atoms with Crippen molar-refractivity contribution >= 4 is 5.97 Å². The van der Waals surface area contributed by atoms with Crippen LogP contribution in [0, 0.1) is 23.2 Å². The van der Waals surface area contributed by atoms with Crippen molar-refractivity contribution < 1.29 is 28.0 Å². The Kier molecular flexibility index (Phi) is 2.96. The van der Waals surface area contributed by atoms with Crippen molar-refractivity contribution in [1.82, 2.24) is 0 Å². The fourth-order valence-corrected chi connectivity index (χ4v) is 4.87. The number of halogens is 1. The number of hydrogen-bond acceptors (Lipinski definition) is 1. The number of aliphatic carboxylic acids is 1. The van der Waals surface area contributed by atoms with Gasteiger partial charge in [0.2, 0.25) is 0 Å². The average molecular weight is 246 g/mol. The highest BCUT2D eigenvalue weighted by Crippen LogP contribution is 2.60. The van der Waals surface area contributed by atoms with Crippen LogP contribution in [0.15, 0.2) is 0 Å². The molecule has 0 saturated heterocycles. The van der Waals surface area contributed by atoms with E-state index in [9.17, 15) is 9.90 Å². The smallest absolute Gasteiger partial charge is 0.362 e. The minimum Gasteiger partial charge on any atom is -1.00 e. The number of hydrogen-bond donors (Lipinski definition) is 2. The summed E-state index contributed by atoms with van der Waals surface area (Å²) >= 11 is 0. The van der Waals surface area contributed by atoms with Crippen molar-refractivity contribution in [3.63, 3.8) is 0 Å². The molecule has 4 aliphatic carbocycles. The van der Waals surface area contributed by atoms with E-state index in [-0.39, 0.29) is 23.9 Å². The van der Waals surface area contributed by atoms with Gasteiger partial charge in [0, 0.05) is 5.41 Å². The van der Waals surface area contributed by atoms with Crippen LogP contribution in [0.1, 0.15) is 38.5 Å². The van der Waals surface area contributed by atoms with E-state index in [0.717, 1.165) is 37.0 Å². The Morgan fingerprint density at radius 2 is 1.50 bits per heavy atom. The normalized spacial score (nSPS) is 46.2. The number of carbonyl (C=O) groups is 1. The Morgan fingerprint density at radius 3 is 1.81 bits per heavy atom. The van der Waals surface area contributed by atoms with Crippen LogP contribution in [0.5, 0.6) is 0 Å². The summed E-state index contributed by atoms with van der Waals surface area (Å²) in [5, 5.41) is 9.18. The summed E-state index contributed by atoms with van der Waals surface area (Å²) in [5.74, 6) is 1.77. The molecule has 0 aliphatic heterocycles. The molecule has 0 aromatic rings. The third kappa shape index (κ3) is 1.65. The van der Waals surface area contributed by atoms with Gasteiger partial charge < -0.3 is 23.2 Å². The topological polar surface area (TPSA) is 64.9 Å². The monoisotopic (exact) mass is 245 g/mol. The maximum atomic E-state index is 11.2. The van der Waals surface area contributed by atoms with Crippen LogP contribution in [0.4, 0.5) is 0 Å². The van der Waals surface area contributed by atoms with E-state index in [1.165, 1.54) is 19.3 Å². The summed E-state index contributed by atoms with van der Waals surface area (Å²) in [6.07, 6.45) is 7.52. The average Bonchev–Trinajstić information content (AvgIpc) is 2.14. The summed E-state index contributed by atoms with van der Waals surface area (Å²) in [5.41, 5.74) is 4.00. The highest BCUT2D eigenvalue weighted by atomic mass is 35.5. The van der Waals surface area contributed by atoms with Crippen LogP contribution in [0.25, 0.3) is 0 Å². The minimum atomic E-state index is -0.683. The molecule has 16 heavy (non-hydrogen) atoms. The zero-order valence-corrected chi connectivity index (χ0v) is 10.2. The quantitative estimate of drug-likeness (QED) is 0.586. The highest BCUT2D eigenvalue weighted by Gasteiger charge is 2.56. The second-order valence-electron chi connectivity index (χ2n) is 6.17. The second-order valence-corrected chi connectivity index (χ2v) is 6.17. The first-order valence-corrected chi connectivity index (χ1v) is 6.15. The van der Waals surface area contributed by atoms with Gasteiger partial charge in [-0.25, -0.2) is 4.79 Å². The van der Waals surface area contributed by atoms with Crippen molar-refractivity contribution in [2.75, 3.05) is 0 Å². The SMILES string of the molecule is [Cl-].[NH3+]C(C(=O)O)C12CC3CC(CC(C3)C1)C2. The molecule has 92 valence electrons. The lowest BCUT2D eigenvalue weighted by atomic mass is 9.48. The van der Waals surface area contributed by atoms with Crippen molar-refractivity contribution in [3.8, 4) is 0 Å². The van der Waals surface area contributed by atoms with Crippen molar-refractivity contribution in [3.05, 3.63) is 0 Å². The largest absolute Gasteiger partial charge is 1.00 e. The van der Waals surface area contributed by atoms with Crippen molar-refractivity contribution in [1.29, 1.82) is 0 Å². The molecule has 0 spiro atoms. The van der Waals surface area contributed by atoms with Gasteiger partial charge >= 0.3 is 5.97 Å². The van der Waals surface area contributed by atoms with Gasteiger partial charge in [0.05, 0.1) is 0 Å². The summed E-state index contributed by atoms with van der Waals surface area (Å²) < 4.78 is 0. The first-order valence-electron chi connectivity index (χ1n) is 6.15. The van der Waals surface area contributed by atoms with Crippen molar-refractivity contribution in [2.45, 2.75) is 44.6 Å². The molecule has 4 saturated carbocycles. The molecule has 4 heteroatoms. The van der Waals surface area contributed by atoms with E-state index in [2.05, 4.69) is 5.73 Å². The highest BCUT2D eigenvalue weighted by molar-refractivity contribution is 5.72. The van der Waals surface area contributed by atoms with E-state index in [1.807, 2.05) is 0 Å². The standard InChI is InChI=1S/C12H19NO2.ClH/c13-10(11(14)15)12-4-7-1-8(5-12)3-9(2-7)6-12;/h7-10H,1-6,13H2,(H,14,15);1H. The Hall–Kier alpha value is -0.280. The number of carboxylic acids is 1. The summed E-state index contributed by atoms with van der Waals surface area (Å²) in [6.45, 7) is 0. The molecule has 3 nitrogen and oxygen atoms in total. The molecular formula is C12H20ClNO2. The lowest BCUT2D eigenvalue weighted by Gasteiger charge is -2.56. The first-order chi connectivity index (χ1) is 7.09. The van der Waals surface area contributed by atoms with Gasteiger partial charge in [0.15, 0.2) is 6.04 Å². The Labute approximate surface area is 102 Å². The zero-order chi connectivity index (χ0) is 10.6. The van der Waals surface area contributed by atoms with Gasteiger partial charge in [-0.2, -0.15) is 0 Å². The summed E-state index contributed by atoms with van der Waals surface area (Å²) in [4.78, 5) is 11.2. The predicted molar refractivity (Wildman–Crippen MR) is 54.9 cm³/mol. The van der Waals surface area contributed by atoms with Crippen LogP contribution in [-0.2, 0) is 4.79 Å². The fraction of sp³-hybridized carbons (Fsp3) is 0.917. The van der Waals surface area contributed by atoms with Crippen LogP contribution in [0.2, 0.25) is 0 Å². The van der Waals surface area contributed by atoms with E-state index >= 15 is 0 Å². The van der Waals surface area contributed by atoms with Gasteiger partial charge in [0.25, 0.3) is 0 Å². The molecule has 4 fully saturated rings. The Balaban J connectivity index is 0.000000963. The molecule has 0 heterocycles. The summed E-state index contributed by atoms with van der Waals surface area (Å²) in [6, 6.07) is -0.370. The lowest BCUT2D eigenvalue weighted by Crippen LogP contribution is -3.00. The third-order valence-electron chi connectivity index (χ3n) is 5.12. The Bertz CT molecular complexity index is 270. The number of rotatable bonds is 2. The van der Waals surface area contributed by atoms with E-state index in [0.29, 0.717) is 0 Å². The maximum Gasteiger partial charge on any atom is 0.362 e. The van der Waals surface area contributed by atoms with Crippen molar-refractivity contribution in [2.24, 2.45) is 23.2 Å².